The molecule has 0 bridgehead atoms. The zero-order valence-corrected chi connectivity index (χ0v) is 10.7. The highest BCUT2D eigenvalue weighted by molar-refractivity contribution is 5.41. The average molecular weight is 207 g/mol. The smallest absolute Gasteiger partial charge is 0.0302 e. The summed E-state index contributed by atoms with van der Waals surface area (Å²) < 4.78 is 0. The number of aryl methyl sites for hydroxylation is 2. The average Bonchev–Trinajstić information content (AvgIpc) is 2.26. The predicted molar refractivity (Wildman–Crippen MR) is 69.0 cm³/mol. The van der Waals surface area contributed by atoms with Crippen LogP contribution in [0.1, 0.15) is 49.9 Å². The fourth-order valence-electron chi connectivity index (χ4n) is 2.33. The lowest BCUT2D eigenvalue weighted by Crippen LogP contribution is -2.01. The van der Waals surface area contributed by atoms with Crippen molar-refractivity contribution >= 4 is 0 Å². The molecule has 1 aromatic carbocycles. The molecule has 0 aliphatic heterocycles. The third kappa shape index (κ3) is 2.82. The third-order valence-corrected chi connectivity index (χ3v) is 3.09. The normalized spacial score (nSPS) is 9.87. The van der Waals surface area contributed by atoms with Crippen LogP contribution in [0.4, 0.5) is 0 Å². The van der Waals surface area contributed by atoms with Crippen molar-refractivity contribution < 1.29 is 0 Å². The van der Waals surface area contributed by atoms with E-state index in [0.29, 0.717) is 0 Å². The standard InChI is InChI=1S/C14H22.H3N/c1-5-11-9-10-12(6-2)14(8-4)13(11)7-3;/h9-10H,5-8H2,1-4H3;1H3. The minimum absolute atomic E-state index is 0. The van der Waals surface area contributed by atoms with Gasteiger partial charge in [0.15, 0.2) is 0 Å². The van der Waals surface area contributed by atoms with Crippen LogP contribution >= 0.6 is 0 Å². The first-order chi connectivity index (χ1) is 6.78. The topological polar surface area (TPSA) is 35.0 Å². The summed E-state index contributed by atoms with van der Waals surface area (Å²) in [5, 5.41) is 0. The summed E-state index contributed by atoms with van der Waals surface area (Å²) in [5.74, 6) is 0. The van der Waals surface area contributed by atoms with Gasteiger partial charge in [-0.25, -0.2) is 0 Å². The first-order valence-corrected chi connectivity index (χ1v) is 5.90. The summed E-state index contributed by atoms with van der Waals surface area (Å²) in [7, 11) is 0. The van der Waals surface area contributed by atoms with Crippen LogP contribution in [0.2, 0.25) is 0 Å². The number of hydrogen-bond acceptors (Lipinski definition) is 1. The molecule has 0 aliphatic rings. The van der Waals surface area contributed by atoms with Gasteiger partial charge in [0.25, 0.3) is 0 Å². The Kier molecular flexibility index (Phi) is 6.26. The van der Waals surface area contributed by atoms with Gasteiger partial charge in [-0.1, -0.05) is 39.8 Å². The molecular weight excluding hydrogens is 182 g/mol. The SMILES string of the molecule is CCc1ccc(CC)c(CC)c1CC.N. The summed E-state index contributed by atoms with van der Waals surface area (Å²) in [5.41, 5.74) is 6.30. The second kappa shape index (κ2) is 6.62. The Balaban J connectivity index is 0.00000196. The van der Waals surface area contributed by atoms with Crippen molar-refractivity contribution in [2.75, 3.05) is 0 Å². The molecule has 1 aromatic rings. The van der Waals surface area contributed by atoms with E-state index in [9.17, 15) is 0 Å². The van der Waals surface area contributed by atoms with Gasteiger partial charge in [0.05, 0.1) is 0 Å². The lowest BCUT2D eigenvalue weighted by molar-refractivity contribution is 0.945. The zero-order valence-electron chi connectivity index (χ0n) is 10.7. The van der Waals surface area contributed by atoms with E-state index in [4.69, 9.17) is 0 Å². The molecular formula is C14H25N. The Bertz CT molecular complexity index is 271. The van der Waals surface area contributed by atoms with Crippen molar-refractivity contribution in [2.45, 2.75) is 53.4 Å². The van der Waals surface area contributed by atoms with Crippen LogP contribution in [-0.2, 0) is 25.7 Å². The van der Waals surface area contributed by atoms with Gasteiger partial charge in [-0.3, -0.25) is 0 Å². The molecule has 0 heterocycles. The Morgan fingerprint density at radius 3 is 1.20 bits per heavy atom. The quantitative estimate of drug-likeness (QED) is 0.792. The fraction of sp³-hybridized carbons (Fsp3) is 0.571. The van der Waals surface area contributed by atoms with Crippen molar-refractivity contribution in [2.24, 2.45) is 0 Å². The highest BCUT2D eigenvalue weighted by Gasteiger charge is 2.07. The third-order valence-electron chi connectivity index (χ3n) is 3.09. The van der Waals surface area contributed by atoms with Gasteiger partial charge in [-0.2, -0.15) is 0 Å². The van der Waals surface area contributed by atoms with Crippen LogP contribution in [0.3, 0.4) is 0 Å². The lowest BCUT2D eigenvalue weighted by Gasteiger charge is -2.15. The summed E-state index contributed by atoms with van der Waals surface area (Å²) in [6.45, 7) is 9.04. The Morgan fingerprint density at radius 2 is 1.00 bits per heavy atom. The molecule has 0 fully saturated rings. The van der Waals surface area contributed by atoms with Gasteiger partial charge >= 0.3 is 0 Å². The van der Waals surface area contributed by atoms with E-state index in [-0.39, 0.29) is 6.15 Å². The van der Waals surface area contributed by atoms with Gasteiger partial charge in [0.2, 0.25) is 0 Å². The Morgan fingerprint density at radius 1 is 0.667 bits per heavy atom. The number of benzene rings is 1. The summed E-state index contributed by atoms with van der Waals surface area (Å²) >= 11 is 0. The van der Waals surface area contributed by atoms with Crippen molar-refractivity contribution in [3.05, 3.63) is 34.4 Å². The second-order valence-corrected chi connectivity index (χ2v) is 3.76. The van der Waals surface area contributed by atoms with E-state index >= 15 is 0 Å². The Hall–Kier alpha value is -0.820. The van der Waals surface area contributed by atoms with E-state index < -0.39 is 0 Å². The van der Waals surface area contributed by atoms with Crippen molar-refractivity contribution in [3.8, 4) is 0 Å². The first-order valence-electron chi connectivity index (χ1n) is 5.90. The van der Waals surface area contributed by atoms with Gasteiger partial charge in [0.1, 0.15) is 0 Å². The van der Waals surface area contributed by atoms with Crippen LogP contribution in [0.25, 0.3) is 0 Å². The Labute approximate surface area is 94.5 Å². The maximum Gasteiger partial charge on any atom is -0.0302 e. The number of rotatable bonds is 4. The fourth-order valence-corrected chi connectivity index (χ4v) is 2.33. The van der Waals surface area contributed by atoms with Crippen LogP contribution < -0.4 is 6.15 Å². The lowest BCUT2D eigenvalue weighted by atomic mass is 9.90. The van der Waals surface area contributed by atoms with Gasteiger partial charge < -0.3 is 6.15 Å². The molecule has 1 nitrogen and oxygen atoms in total. The van der Waals surface area contributed by atoms with E-state index in [1.54, 1.807) is 22.3 Å². The number of hydrogen-bond donors (Lipinski definition) is 1. The summed E-state index contributed by atoms with van der Waals surface area (Å²) in [4.78, 5) is 0. The molecule has 1 heteroatoms. The van der Waals surface area contributed by atoms with Crippen molar-refractivity contribution in [3.63, 3.8) is 0 Å². The monoisotopic (exact) mass is 207 g/mol. The molecule has 86 valence electrons. The maximum absolute atomic E-state index is 2.32. The molecule has 0 saturated heterocycles. The van der Waals surface area contributed by atoms with E-state index in [2.05, 4.69) is 39.8 Å². The van der Waals surface area contributed by atoms with Gasteiger partial charge in [0, 0.05) is 0 Å². The van der Waals surface area contributed by atoms with Crippen LogP contribution in [0.5, 0.6) is 0 Å². The predicted octanol–water partition coefficient (Wildman–Crippen LogP) is 4.10. The molecule has 0 atom stereocenters. The van der Waals surface area contributed by atoms with Crippen LogP contribution in [0.15, 0.2) is 12.1 Å². The molecule has 15 heavy (non-hydrogen) atoms. The zero-order chi connectivity index (χ0) is 10.6. The first kappa shape index (κ1) is 14.2. The van der Waals surface area contributed by atoms with E-state index in [1.807, 2.05) is 0 Å². The van der Waals surface area contributed by atoms with Gasteiger partial charge in [-0.15, -0.1) is 0 Å². The second-order valence-electron chi connectivity index (χ2n) is 3.76. The largest absolute Gasteiger partial charge is 0.344 e. The minimum Gasteiger partial charge on any atom is -0.344 e. The van der Waals surface area contributed by atoms with E-state index in [0.717, 1.165) is 0 Å². The molecule has 0 radical (unpaired) electrons. The summed E-state index contributed by atoms with van der Waals surface area (Å²) in [6, 6.07) is 4.63. The van der Waals surface area contributed by atoms with Crippen LogP contribution in [-0.4, -0.2) is 0 Å². The van der Waals surface area contributed by atoms with Crippen LogP contribution in [0, 0.1) is 0 Å². The molecule has 3 N–H and O–H groups in total. The van der Waals surface area contributed by atoms with Gasteiger partial charge in [-0.05, 0) is 47.9 Å². The highest BCUT2D eigenvalue weighted by atomic mass is 14.1. The molecule has 0 aromatic heterocycles. The summed E-state index contributed by atoms with van der Waals surface area (Å²) in [6.07, 6.45) is 4.70. The highest BCUT2D eigenvalue weighted by Crippen LogP contribution is 2.21. The molecule has 0 unspecified atom stereocenters. The maximum atomic E-state index is 2.32. The van der Waals surface area contributed by atoms with Crippen molar-refractivity contribution in [1.29, 1.82) is 0 Å². The minimum atomic E-state index is 0. The molecule has 0 aliphatic carbocycles. The molecule has 0 spiro atoms. The molecule has 0 saturated carbocycles. The van der Waals surface area contributed by atoms with E-state index in [1.165, 1.54) is 25.7 Å². The van der Waals surface area contributed by atoms with Crippen molar-refractivity contribution in [1.82, 2.24) is 6.15 Å². The molecule has 1 rings (SSSR count). The molecule has 0 amide bonds.